The molecule has 1 heterocycles. The Balaban J connectivity index is 1.82. The van der Waals surface area contributed by atoms with E-state index in [0.717, 1.165) is 16.7 Å². The number of aliphatic hydroxyl groups is 1. The average molecular weight is 470 g/mol. The minimum absolute atomic E-state index is 0.135. The third kappa shape index (κ3) is 6.57. The molecule has 8 nitrogen and oxygen atoms in total. The van der Waals surface area contributed by atoms with E-state index in [4.69, 9.17) is 14.2 Å². The van der Waals surface area contributed by atoms with Crippen LogP contribution in [0.15, 0.2) is 54.6 Å². The molecule has 0 aromatic heterocycles. The maximum atomic E-state index is 12.5. The number of cyclic esters (lactones) is 2. The number of hydrogen-bond donors (Lipinski definition) is 2. The highest BCUT2D eigenvalue weighted by Gasteiger charge is 2.49. The number of nitrogens with one attached hydrogen (secondary N) is 1. The number of carbonyl (C=O) groups excluding carboxylic acids is 3. The molecule has 0 aliphatic carbocycles. The maximum absolute atomic E-state index is 12.5. The zero-order chi connectivity index (χ0) is 25.1. The van der Waals surface area contributed by atoms with Crippen molar-refractivity contribution >= 4 is 18.0 Å². The van der Waals surface area contributed by atoms with Crippen molar-refractivity contribution in [3.63, 3.8) is 0 Å². The Morgan fingerprint density at radius 3 is 2.06 bits per heavy atom. The predicted molar refractivity (Wildman–Crippen MR) is 124 cm³/mol. The zero-order valence-electron chi connectivity index (χ0n) is 20.0. The molecule has 0 saturated carbocycles. The Hall–Kier alpha value is -3.39. The minimum Gasteiger partial charge on any atom is -0.444 e. The number of benzene rings is 2. The van der Waals surface area contributed by atoms with Gasteiger partial charge in [0, 0.05) is 13.8 Å². The smallest absolute Gasteiger partial charge is 0.407 e. The van der Waals surface area contributed by atoms with E-state index in [1.54, 1.807) is 20.8 Å². The summed E-state index contributed by atoms with van der Waals surface area (Å²) in [6.45, 7) is 7.97. The van der Waals surface area contributed by atoms with E-state index in [9.17, 15) is 19.5 Å². The largest absolute Gasteiger partial charge is 0.444 e. The molecule has 0 spiro atoms. The maximum Gasteiger partial charge on any atom is 0.407 e. The van der Waals surface area contributed by atoms with Crippen LogP contribution in [0.5, 0.6) is 0 Å². The zero-order valence-corrected chi connectivity index (χ0v) is 20.0. The summed E-state index contributed by atoms with van der Waals surface area (Å²) >= 11 is 0. The number of hydrogen-bond acceptors (Lipinski definition) is 7. The molecular weight excluding hydrogens is 438 g/mol. The summed E-state index contributed by atoms with van der Waals surface area (Å²) in [7, 11) is 0. The van der Waals surface area contributed by atoms with Crippen LogP contribution in [0.25, 0.3) is 11.1 Å². The Morgan fingerprint density at radius 1 is 1.00 bits per heavy atom. The first-order chi connectivity index (χ1) is 15.8. The molecule has 3 rings (SSSR count). The van der Waals surface area contributed by atoms with Gasteiger partial charge in [-0.2, -0.15) is 0 Å². The second-order valence-corrected chi connectivity index (χ2v) is 9.73. The van der Waals surface area contributed by atoms with Crippen LogP contribution in [0.3, 0.4) is 0 Å². The van der Waals surface area contributed by atoms with E-state index in [0.29, 0.717) is 0 Å². The predicted octanol–water partition coefficient (Wildman–Crippen LogP) is 3.60. The Labute approximate surface area is 199 Å². The van der Waals surface area contributed by atoms with Crippen LogP contribution in [0.4, 0.5) is 4.79 Å². The van der Waals surface area contributed by atoms with Crippen LogP contribution in [0.1, 0.15) is 40.2 Å². The fourth-order valence-electron chi connectivity index (χ4n) is 3.67. The lowest BCUT2D eigenvalue weighted by atomic mass is 9.90. The summed E-state index contributed by atoms with van der Waals surface area (Å²) in [5.41, 5.74) is 2.05. The second-order valence-electron chi connectivity index (χ2n) is 9.73. The molecule has 1 saturated heterocycles. The van der Waals surface area contributed by atoms with Gasteiger partial charge in [0.2, 0.25) is 0 Å². The molecule has 1 aliphatic rings. The van der Waals surface area contributed by atoms with Crippen molar-refractivity contribution in [3.05, 3.63) is 60.2 Å². The Morgan fingerprint density at radius 2 is 1.53 bits per heavy atom. The topological polar surface area (TPSA) is 111 Å². The molecule has 2 aromatic carbocycles. The Bertz CT molecular complexity index is 1010. The van der Waals surface area contributed by atoms with Gasteiger partial charge in [-0.25, -0.2) is 4.79 Å². The summed E-state index contributed by atoms with van der Waals surface area (Å²) < 4.78 is 15.6. The van der Waals surface area contributed by atoms with E-state index >= 15 is 0 Å². The number of aliphatic hydroxyl groups excluding tert-OH is 1. The fourth-order valence-corrected chi connectivity index (χ4v) is 3.67. The van der Waals surface area contributed by atoms with Crippen molar-refractivity contribution in [2.75, 3.05) is 0 Å². The molecule has 34 heavy (non-hydrogen) atoms. The first-order valence-corrected chi connectivity index (χ1v) is 11.1. The lowest BCUT2D eigenvalue weighted by molar-refractivity contribution is -0.245. The summed E-state index contributed by atoms with van der Waals surface area (Å²) in [4.78, 5) is 37.5. The van der Waals surface area contributed by atoms with Crippen LogP contribution in [-0.2, 0) is 30.2 Å². The van der Waals surface area contributed by atoms with E-state index in [1.165, 1.54) is 13.8 Å². The highest BCUT2D eigenvalue weighted by Crippen LogP contribution is 2.27. The standard InChI is InChI=1S/C26H31NO7/c1-25(2,3)34-24(31)27-19(21(28)20-22(29)32-26(4,5)33-23(20)30)15-16-11-13-18(14-12-16)17-9-7-6-8-10-17/h6-14,19-21,28H,15H2,1-5H3,(H,27,31)/t19-,21?/m1/s1. The van der Waals surface area contributed by atoms with Gasteiger partial charge in [0.1, 0.15) is 5.60 Å². The molecule has 0 bridgehead atoms. The number of alkyl carbamates (subject to hydrolysis) is 1. The molecule has 8 heteroatoms. The normalized spacial score (nSPS) is 17.8. The quantitative estimate of drug-likeness (QED) is 0.491. The van der Waals surface area contributed by atoms with Gasteiger partial charge >= 0.3 is 18.0 Å². The van der Waals surface area contributed by atoms with Crippen LogP contribution in [-0.4, -0.2) is 46.7 Å². The van der Waals surface area contributed by atoms with Crippen molar-refractivity contribution in [1.29, 1.82) is 0 Å². The monoisotopic (exact) mass is 469 g/mol. The average Bonchev–Trinajstić information content (AvgIpc) is 2.71. The molecule has 1 fully saturated rings. The highest BCUT2D eigenvalue weighted by molar-refractivity contribution is 5.97. The summed E-state index contributed by atoms with van der Waals surface area (Å²) in [6.07, 6.45) is -2.25. The lowest BCUT2D eigenvalue weighted by Crippen LogP contribution is -2.57. The first kappa shape index (κ1) is 25.2. The van der Waals surface area contributed by atoms with Gasteiger partial charge in [-0.15, -0.1) is 0 Å². The summed E-state index contributed by atoms with van der Waals surface area (Å²) in [5, 5.41) is 13.6. The Kier molecular flexibility index (Phi) is 7.31. The molecule has 2 N–H and O–H groups in total. The molecule has 182 valence electrons. The third-order valence-electron chi connectivity index (χ3n) is 5.17. The second kappa shape index (κ2) is 9.85. The number of esters is 2. The number of ether oxygens (including phenoxy) is 3. The third-order valence-corrected chi connectivity index (χ3v) is 5.17. The van der Waals surface area contributed by atoms with Gasteiger partial charge in [-0.05, 0) is 43.9 Å². The lowest BCUT2D eigenvalue weighted by Gasteiger charge is -2.36. The van der Waals surface area contributed by atoms with Crippen LogP contribution >= 0.6 is 0 Å². The van der Waals surface area contributed by atoms with Crippen molar-refractivity contribution in [1.82, 2.24) is 5.32 Å². The van der Waals surface area contributed by atoms with Gasteiger partial charge in [0.15, 0.2) is 5.92 Å². The molecule has 1 amide bonds. The van der Waals surface area contributed by atoms with Gasteiger partial charge in [0.25, 0.3) is 5.79 Å². The molecular formula is C26H31NO7. The van der Waals surface area contributed by atoms with Gasteiger partial charge < -0.3 is 24.6 Å². The van der Waals surface area contributed by atoms with E-state index in [1.807, 2.05) is 54.6 Å². The highest BCUT2D eigenvalue weighted by atomic mass is 16.7. The van der Waals surface area contributed by atoms with Crippen LogP contribution < -0.4 is 5.32 Å². The van der Waals surface area contributed by atoms with Crippen molar-refractivity contribution in [3.8, 4) is 11.1 Å². The molecule has 2 aromatic rings. The van der Waals surface area contributed by atoms with Gasteiger partial charge in [-0.1, -0.05) is 54.6 Å². The van der Waals surface area contributed by atoms with Crippen LogP contribution in [0, 0.1) is 5.92 Å². The van der Waals surface area contributed by atoms with Crippen LogP contribution in [0.2, 0.25) is 0 Å². The summed E-state index contributed by atoms with van der Waals surface area (Å²) in [6, 6.07) is 16.4. The number of amides is 1. The first-order valence-electron chi connectivity index (χ1n) is 11.1. The molecule has 0 radical (unpaired) electrons. The molecule has 1 aliphatic heterocycles. The summed E-state index contributed by atoms with van der Waals surface area (Å²) in [5.74, 6) is -4.85. The van der Waals surface area contributed by atoms with E-state index < -0.39 is 47.5 Å². The van der Waals surface area contributed by atoms with E-state index in [-0.39, 0.29) is 6.42 Å². The van der Waals surface area contributed by atoms with Crippen molar-refractivity contribution in [2.45, 2.75) is 64.6 Å². The molecule has 1 unspecified atom stereocenters. The van der Waals surface area contributed by atoms with Gasteiger partial charge in [0.05, 0.1) is 12.1 Å². The fraction of sp³-hybridized carbons (Fsp3) is 0.423. The minimum atomic E-state index is -1.60. The number of carbonyl (C=O) groups is 3. The van der Waals surface area contributed by atoms with Gasteiger partial charge in [-0.3, -0.25) is 9.59 Å². The SMILES string of the molecule is CC(C)(C)OC(=O)N[C@H](Cc1ccc(-c2ccccc2)cc1)C(O)C1C(=O)OC(C)(C)OC1=O. The van der Waals surface area contributed by atoms with E-state index in [2.05, 4.69) is 5.32 Å². The van der Waals surface area contributed by atoms with Crippen molar-refractivity contribution < 1.29 is 33.7 Å². The number of rotatable bonds is 6. The molecule has 2 atom stereocenters. The van der Waals surface area contributed by atoms with Crippen molar-refractivity contribution in [2.24, 2.45) is 5.92 Å².